The zero-order valence-electron chi connectivity index (χ0n) is 14.4. The van der Waals surface area contributed by atoms with E-state index in [1.165, 1.54) is 12.1 Å². The number of benzene rings is 3. The Kier molecular flexibility index (Phi) is 3.85. The second-order valence-electron chi connectivity index (χ2n) is 6.36. The summed E-state index contributed by atoms with van der Waals surface area (Å²) >= 11 is 0. The Hall–Kier alpha value is -3.73. The van der Waals surface area contributed by atoms with Crippen molar-refractivity contribution in [2.45, 2.75) is 6.92 Å². The van der Waals surface area contributed by atoms with Crippen molar-refractivity contribution >= 4 is 28.9 Å². The van der Waals surface area contributed by atoms with Crippen molar-refractivity contribution in [1.82, 2.24) is 0 Å². The van der Waals surface area contributed by atoms with E-state index >= 15 is 0 Å². The third-order valence-electron chi connectivity index (χ3n) is 4.73. The molecule has 0 saturated heterocycles. The predicted molar refractivity (Wildman–Crippen MR) is 101 cm³/mol. The first-order chi connectivity index (χ1) is 13.0. The number of carboxylic acids is 1. The van der Waals surface area contributed by atoms with E-state index in [2.05, 4.69) is 5.32 Å². The van der Waals surface area contributed by atoms with Gasteiger partial charge in [0.05, 0.1) is 16.8 Å². The van der Waals surface area contributed by atoms with E-state index in [9.17, 15) is 19.5 Å². The molecule has 0 radical (unpaired) electrons. The molecule has 2 N–H and O–H groups in total. The van der Waals surface area contributed by atoms with Gasteiger partial charge in [0.25, 0.3) is 0 Å². The van der Waals surface area contributed by atoms with Gasteiger partial charge in [-0.3, -0.25) is 9.59 Å². The van der Waals surface area contributed by atoms with Gasteiger partial charge >= 0.3 is 5.97 Å². The number of carbonyl (C=O) groups excluding carboxylic acids is 2. The molecule has 0 spiro atoms. The highest BCUT2D eigenvalue weighted by atomic mass is 16.4. The minimum atomic E-state index is -1.17. The molecule has 0 atom stereocenters. The number of nitrogens with one attached hydrogen (secondary N) is 1. The van der Waals surface area contributed by atoms with Crippen LogP contribution in [0.1, 0.15) is 47.8 Å². The number of para-hydroxylation sites is 1. The summed E-state index contributed by atoms with van der Waals surface area (Å²) in [7, 11) is 0. The largest absolute Gasteiger partial charge is 0.478 e. The molecule has 0 aliphatic heterocycles. The van der Waals surface area contributed by atoms with Crippen molar-refractivity contribution in [2.24, 2.45) is 0 Å². The van der Waals surface area contributed by atoms with Crippen molar-refractivity contribution in [3.05, 3.63) is 94.0 Å². The average molecular weight is 357 g/mol. The molecule has 5 nitrogen and oxygen atoms in total. The van der Waals surface area contributed by atoms with Gasteiger partial charge in [0.2, 0.25) is 0 Å². The Labute approximate surface area is 155 Å². The van der Waals surface area contributed by atoms with Crippen LogP contribution in [0.15, 0.2) is 60.7 Å². The Morgan fingerprint density at radius 3 is 2.11 bits per heavy atom. The summed E-state index contributed by atoms with van der Waals surface area (Å²) in [5.74, 6) is -1.82. The van der Waals surface area contributed by atoms with E-state index in [0.717, 1.165) is 5.56 Å². The number of aryl methyl sites for hydroxylation is 1. The van der Waals surface area contributed by atoms with Crippen LogP contribution in [0, 0.1) is 6.92 Å². The highest BCUT2D eigenvalue weighted by Gasteiger charge is 2.33. The minimum absolute atomic E-state index is 0.0578. The fourth-order valence-electron chi connectivity index (χ4n) is 3.34. The number of hydrogen-bond donors (Lipinski definition) is 2. The monoisotopic (exact) mass is 357 g/mol. The Bertz CT molecular complexity index is 1130. The molecule has 0 heterocycles. The van der Waals surface area contributed by atoms with Crippen LogP contribution in [-0.2, 0) is 0 Å². The van der Waals surface area contributed by atoms with Crippen LogP contribution in [0.5, 0.6) is 0 Å². The van der Waals surface area contributed by atoms with E-state index in [0.29, 0.717) is 11.3 Å². The van der Waals surface area contributed by atoms with Gasteiger partial charge < -0.3 is 10.4 Å². The van der Waals surface area contributed by atoms with Gasteiger partial charge in [0.15, 0.2) is 11.6 Å². The molecule has 1 aliphatic rings. The van der Waals surface area contributed by atoms with E-state index < -0.39 is 5.97 Å². The highest BCUT2D eigenvalue weighted by molar-refractivity contribution is 6.31. The summed E-state index contributed by atoms with van der Waals surface area (Å²) < 4.78 is 0. The molecule has 0 bridgehead atoms. The molecule has 0 unspecified atom stereocenters. The van der Waals surface area contributed by atoms with Crippen molar-refractivity contribution in [3.8, 4) is 0 Å². The van der Waals surface area contributed by atoms with Crippen LogP contribution in [0.3, 0.4) is 0 Å². The van der Waals surface area contributed by atoms with Crippen LogP contribution >= 0.6 is 0 Å². The van der Waals surface area contributed by atoms with Crippen LogP contribution in [0.25, 0.3) is 0 Å². The maximum Gasteiger partial charge on any atom is 0.337 e. The summed E-state index contributed by atoms with van der Waals surface area (Å²) in [6.07, 6.45) is 0. The van der Waals surface area contributed by atoms with Gasteiger partial charge in [-0.25, -0.2) is 4.79 Å². The Morgan fingerprint density at radius 1 is 0.815 bits per heavy atom. The van der Waals surface area contributed by atoms with Gasteiger partial charge in [-0.2, -0.15) is 0 Å². The van der Waals surface area contributed by atoms with Gasteiger partial charge in [0, 0.05) is 22.4 Å². The zero-order chi connectivity index (χ0) is 19.1. The summed E-state index contributed by atoms with van der Waals surface area (Å²) in [5.41, 5.74) is 2.57. The van der Waals surface area contributed by atoms with Crippen molar-refractivity contribution in [3.63, 3.8) is 0 Å². The number of carbonyl (C=O) groups is 3. The molecular weight excluding hydrogens is 342 g/mol. The summed E-state index contributed by atoms with van der Waals surface area (Å²) in [6, 6.07) is 16.7. The number of carboxylic acid groups (broad SMARTS) is 1. The molecule has 3 aromatic carbocycles. The molecule has 0 aromatic heterocycles. The molecule has 132 valence electrons. The van der Waals surface area contributed by atoms with Gasteiger partial charge in [-0.1, -0.05) is 42.5 Å². The van der Waals surface area contributed by atoms with Crippen LogP contribution < -0.4 is 5.32 Å². The average Bonchev–Trinajstić information content (AvgIpc) is 2.67. The number of hydrogen-bond acceptors (Lipinski definition) is 4. The van der Waals surface area contributed by atoms with Crippen LogP contribution in [0.2, 0.25) is 0 Å². The molecule has 5 heteroatoms. The van der Waals surface area contributed by atoms with Crippen LogP contribution in [-0.4, -0.2) is 22.6 Å². The standard InChI is InChI=1S/C22H15NO4/c1-12-6-2-5-9-17(12)23-19-16(22(26)27)11-10-15-18(19)21(25)14-8-4-3-7-13(14)20(15)24/h2-11,23H,1H3,(H,26,27). The number of fused-ring (bicyclic) bond motifs is 2. The minimum Gasteiger partial charge on any atom is -0.478 e. The van der Waals surface area contributed by atoms with E-state index in [1.54, 1.807) is 30.3 Å². The van der Waals surface area contributed by atoms with Gasteiger partial charge in [-0.15, -0.1) is 0 Å². The molecule has 4 rings (SSSR count). The number of ketones is 2. The third-order valence-corrected chi connectivity index (χ3v) is 4.73. The smallest absolute Gasteiger partial charge is 0.337 e. The molecular formula is C22H15NO4. The van der Waals surface area contributed by atoms with E-state index in [1.807, 2.05) is 25.1 Å². The quantitative estimate of drug-likeness (QED) is 0.574. The van der Waals surface area contributed by atoms with Crippen LogP contribution in [0.4, 0.5) is 11.4 Å². The molecule has 0 saturated carbocycles. The number of aromatic carboxylic acids is 1. The van der Waals surface area contributed by atoms with E-state index in [4.69, 9.17) is 0 Å². The van der Waals surface area contributed by atoms with Crippen molar-refractivity contribution in [1.29, 1.82) is 0 Å². The lowest BCUT2D eigenvalue weighted by Crippen LogP contribution is -2.23. The van der Waals surface area contributed by atoms with Crippen molar-refractivity contribution < 1.29 is 19.5 Å². The highest BCUT2D eigenvalue weighted by Crippen LogP contribution is 2.36. The SMILES string of the molecule is Cc1ccccc1Nc1c(C(=O)O)ccc2c1C(=O)c1ccccc1C2=O. The third kappa shape index (κ3) is 2.60. The lowest BCUT2D eigenvalue weighted by atomic mass is 9.82. The maximum atomic E-state index is 13.1. The second-order valence-corrected chi connectivity index (χ2v) is 6.36. The lowest BCUT2D eigenvalue weighted by Gasteiger charge is -2.22. The fourth-order valence-corrected chi connectivity index (χ4v) is 3.34. The normalized spacial score (nSPS) is 12.3. The van der Waals surface area contributed by atoms with Crippen molar-refractivity contribution in [2.75, 3.05) is 5.32 Å². The Balaban J connectivity index is 1.98. The maximum absolute atomic E-state index is 13.1. The molecule has 0 amide bonds. The number of rotatable bonds is 3. The number of anilines is 2. The molecule has 0 fully saturated rings. The lowest BCUT2D eigenvalue weighted by molar-refractivity contribution is 0.0697. The molecule has 3 aromatic rings. The van der Waals surface area contributed by atoms with E-state index in [-0.39, 0.29) is 39.5 Å². The molecule has 1 aliphatic carbocycles. The zero-order valence-corrected chi connectivity index (χ0v) is 14.4. The predicted octanol–water partition coefficient (Wildman–Crippen LogP) is 4.21. The summed E-state index contributed by atoms with van der Waals surface area (Å²) in [5, 5.41) is 12.7. The fraction of sp³-hybridized carbons (Fsp3) is 0.0455. The van der Waals surface area contributed by atoms with Gasteiger partial charge in [-0.05, 0) is 30.7 Å². The Morgan fingerprint density at radius 2 is 1.44 bits per heavy atom. The first kappa shape index (κ1) is 16.7. The topological polar surface area (TPSA) is 83.5 Å². The van der Waals surface area contributed by atoms with Gasteiger partial charge in [0.1, 0.15) is 0 Å². The first-order valence-electron chi connectivity index (χ1n) is 8.40. The summed E-state index contributed by atoms with van der Waals surface area (Å²) in [6.45, 7) is 1.88. The summed E-state index contributed by atoms with van der Waals surface area (Å²) in [4.78, 5) is 37.8. The molecule has 27 heavy (non-hydrogen) atoms. The second kappa shape index (κ2) is 6.21. The first-order valence-corrected chi connectivity index (χ1v) is 8.40.